The second-order valence-corrected chi connectivity index (χ2v) is 9.67. The Kier molecular flexibility index (Phi) is 5.88. The first kappa shape index (κ1) is 21.5. The predicted octanol–water partition coefficient (Wildman–Crippen LogP) is 3.44. The van der Waals surface area contributed by atoms with Crippen molar-refractivity contribution in [3.63, 3.8) is 0 Å². The summed E-state index contributed by atoms with van der Waals surface area (Å²) >= 11 is 0. The molecule has 1 aliphatic rings. The number of hydrogen-bond donors (Lipinski definition) is 0. The molecular weight excluding hydrogens is 420 g/mol. The Labute approximate surface area is 180 Å². The molecule has 2 heterocycles. The summed E-state index contributed by atoms with van der Waals surface area (Å²) in [6, 6.07) is 15.6. The molecule has 0 saturated carbocycles. The van der Waals surface area contributed by atoms with E-state index in [0.717, 1.165) is 10.9 Å². The van der Waals surface area contributed by atoms with Gasteiger partial charge in [-0.05, 0) is 37.1 Å². The van der Waals surface area contributed by atoms with Crippen LogP contribution >= 0.6 is 0 Å². The topological polar surface area (TPSA) is 92.0 Å². The van der Waals surface area contributed by atoms with Gasteiger partial charge < -0.3 is 13.9 Å². The largest absolute Gasteiger partial charge is 0.485 e. The van der Waals surface area contributed by atoms with Crippen molar-refractivity contribution >= 4 is 21.1 Å². The maximum atomic E-state index is 12.2. The molecule has 0 saturated heterocycles. The summed E-state index contributed by atoms with van der Waals surface area (Å²) in [6.07, 6.45) is 0.280. The number of rotatable bonds is 7. The zero-order valence-electron chi connectivity index (χ0n) is 17.4. The fourth-order valence-electron chi connectivity index (χ4n) is 3.62. The molecule has 164 valence electrons. The Balaban J connectivity index is 1.38. The average molecular weight is 445 g/mol. The minimum absolute atomic E-state index is 0.0719. The zero-order valence-corrected chi connectivity index (χ0v) is 18.2. The van der Waals surface area contributed by atoms with Crippen molar-refractivity contribution in [2.75, 3.05) is 13.2 Å². The lowest BCUT2D eigenvalue weighted by molar-refractivity contribution is -0.0881. The Bertz CT molecular complexity index is 1230. The monoisotopic (exact) mass is 444 g/mol. The highest BCUT2D eigenvalue weighted by atomic mass is 32.2. The predicted molar refractivity (Wildman–Crippen MR) is 116 cm³/mol. The first-order chi connectivity index (χ1) is 14.7. The Morgan fingerprint density at radius 3 is 2.61 bits per heavy atom. The van der Waals surface area contributed by atoms with Gasteiger partial charge in [0, 0.05) is 23.9 Å². The van der Waals surface area contributed by atoms with E-state index in [9.17, 15) is 13.2 Å². The lowest BCUT2D eigenvalue weighted by Crippen LogP contribution is -2.48. The van der Waals surface area contributed by atoms with Crippen LogP contribution in [0.25, 0.3) is 11.0 Å². The van der Waals surface area contributed by atoms with Crippen molar-refractivity contribution < 1.29 is 26.5 Å². The van der Waals surface area contributed by atoms with Gasteiger partial charge in [-0.15, -0.1) is 0 Å². The maximum absolute atomic E-state index is 12.2. The maximum Gasteiger partial charge on any atom is 0.336 e. The molecule has 4 rings (SSSR count). The summed E-state index contributed by atoms with van der Waals surface area (Å²) in [6.45, 7) is 3.85. The highest BCUT2D eigenvalue weighted by Gasteiger charge is 2.38. The van der Waals surface area contributed by atoms with Crippen LogP contribution in [0.5, 0.6) is 5.75 Å². The summed E-state index contributed by atoms with van der Waals surface area (Å²) in [4.78, 5) is 11.5. The van der Waals surface area contributed by atoms with Crippen molar-refractivity contribution in [1.29, 1.82) is 0 Å². The van der Waals surface area contributed by atoms with E-state index in [2.05, 4.69) is 0 Å². The fourth-order valence-corrected chi connectivity index (χ4v) is 4.63. The van der Waals surface area contributed by atoms with Crippen molar-refractivity contribution in [3.8, 4) is 5.75 Å². The molecule has 0 aliphatic carbocycles. The van der Waals surface area contributed by atoms with E-state index in [1.807, 2.05) is 26.0 Å². The molecular formula is C23H24O7S. The van der Waals surface area contributed by atoms with Gasteiger partial charge in [-0.25, -0.2) is 4.79 Å². The van der Waals surface area contributed by atoms with Gasteiger partial charge in [0.2, 0.25) is 0 Å². The number of ether oxygens (including phenoxy) is 2. The minimum Gasteiger partial charge on any atom is -0.485 e. The molecule has 0 spiro atoms. The van der Waals surface area contributed by atoms with Crippen LogP contribution in [0.2, 0.25) is 0 Å². The molecule has 0 amide bonds. The second-order valence-electron chi connectivity index (χ2n) is 8.03. The highest BCUT2D eigenvalue weighted by Crippen LogP contribution is 2.37. The van der Waals surface area contributed by atoms with Crippen LogP contribution in [0.4, 0.5) is 0 Å². The SMILES string of the molecule is CC1(C)Oc2cc3oc(=O)ccc3cc2C[C@@H]1OCCOS(=O)(=O)Cc1ccccc1. The number of benzene rings is 2. The summed E-state index contributed by atoms with van der Waals surface area (Å²) in [5, 5.41) is 0.802. The van der Waals surface area contributed by atoms with E-state index in [1.165, 1.54) is 6.07 Å². The lowest BCUT2D eigenvalue weighted by atomic mass is 9.90. The van der Waals surface area contributed by atoms with Gasteiger partial charge in [0.25, 0.3) is 10.1 Å². The van der Waals surface area contributed by atoms with Gasteiger partial charge in [0.15, 0.2) is 0 Å². The van der Waals surface area contributed by atoms with Gasteiger partial charge in [-0.1, -0.05) is 30.3 Å². The van der Waals surface area contributed by atoms with Crippen LogP contribution in [0.15, 0.2) is 63.8 Å². The summed E-state index contributed by atoms with van der Waals surface area (Å²) in [5.41, 5.74) is 1.01. The molecule has 3 aromatic rings. The Morgan fingerprint density at radius 1 is 1.06 bits per heavy atom. The summed E-state index contributed by atoms with van der Waals surface area (Å²) in [5.74, 6) is 0.469. The van der Waals surface area contributed by atoms with Crippen molar-refractivity contribution in [2.24, 2.45) is 0 Å². The van der Waals surface area contributed by atoms with Gasteiger partial charge in [0.05, 0.1) is 13.2 Å². The number of hydrogen-bond acceptors (Lipinski definition) is 7. The van der Waals surface area contributed by atoms with E-state index >= 15 is 0 Å². The third kappa shape index (κ3) is 5.15. The van der Waals surface area contributed by atoms with Gasteiger partial charge in [0.1, 0.15) is 28.8 Å². The van der Waals surface area contributed by atoms with Gasteiger partial charge >= 0.3 is 5.63 Å². The molecule has 2 aromatic carbocycles. The molecule has 0 fully saturated rings. The molecule has 0 unspecified atom stereocenters. The fraction of sp³-hybridized carbons (Fsp3) is 0.348. The van der Waals surface area contributed by atoms with Crippen molar-refractivity contribution in [3.05, 3.63) is 76.1 Å². The first-order valence-electron chi connectivity index (χ1n) is 10.0. The van der Waals surface area contributed by atoms with E-state index in [1.54, 1.807) is 36.4 Å². The number of fused-ring (bicyclic) bond motifs is 2. The Morgan fingerprint density at radius 2 is 1.84 bits per heavy atom. The molecule has 0 N–H and O–H groups in total. The smallest absolute Gasteiger partial charge is 0.336 e. The zero-order chi connectivity index (χ0) is 22.1. The van der Waals surface area contributed by atoms with E-state index in [0.29, 0.717) is 23.3 Å². The molecule has 0 bridgehead atoms. The van der Waals surface area contributed by atoms with E-state index < -0.39 is 21.3 Å². The molecule has 31 heavy (non-hydrogen) atoms. The third-order valence-corrected chi connectivity index (χ3v) is 6.42. The average Bonchev–Trinajstić information content (AvgIpc) is 2.70. The van der Waals surface area contributed by atoms with E-state index in [4.69, 9.17) is 18.1 Å². The van der Waals surface area contributed by atoms with Crippen LogP contribution in [-0.2, 0) is 31.2 Å². The third-order valence-electron chi connectivity index (χ3n) is 5.21. The highest BCUT2D eigenvalue weighted by molar-refractivity contribution is 7.85. The normalized spacial score (nSPS) is 17.8. The van der Waals surface area contributed by atoms with Gasteiger partial charge in [-0.3, -0.25) is 4.18 Å². The summed E-state index contributed by atoms with van der Waals surface area (Å²) in [7, 11) is -3.69. The van der Waals surface area contributed by atoms with Crippen LogP contribution < -0.4 is 10.4 Å². The standard InChI is InChI=1S/C23H24O7S/c1-23(2)21(27-10-11-28-31(25,26)15-16-6-4-3-5-7-16)13-18-12-17-8-9-22(24)29-19(17)14-20(18)30-23/h3-9,12,14,21H,10-11,13,15H2,1-2H3/t21-/m0/s1. The molecule has 1 atom stereocenters. The minimum atomic E-state index is -3.69. The van der Waals surface area contributed by atoms with Crippen LogP contribution in [-0.4, -0.2) is 33.3 Å². The lowest BCUT2D eigenvalue weighted by Gasteiger charge is -2.39. The second kappa shape index (κ2) is 8.45. The molecule has 0 radical (unpaired) electrons. The summed E-state index contributed by atoms with van der Waals surface area (Å²) < 4.78 is 46.7. The molecule has 8 heteroatoms. The van der Waals surface area contributed by atoms with Crippen LogP contribution in [0.1, 0.15) is 25.0 Å². The van der Waals surface area contributed by atoms with Crippen molar-refractivity contribution in [1.82, 2.24) is 0 Å². The quantitative estimate of drug-likeness (QED) is 0.313. The molecule has 1 aliphatic heterocycles. The first-order valence-corrected chi connectivity index (χ1v) is 11.6. The van der Waals surface area contributed by atoms with Crippen LogP contribution in [0.3, 0.4) is 0 Å². The van der Waals surface area contributed by atoms with Crippen LogP contribution in [0, 0.1) is 0 Å². The molecule has 1 aromatic heterocycles. The van der Waals surface area contributed by atoms with Crippen molar-refractivity contribution in [2.45, 2.75) is 37.7 Å². The van der Waals surface area contributed by atoms with Gasteiger partial charge in [-0.2, -0.15) is 8.42 Å². The van der Waals surface area contributed by atoms with E-state index in [-0.39, 0.29) is 25.1 Å². The Hall–Kier alpha value is -2.68. The molecule has 7 nitrogen and oxygen atoms in total.